The van der Waals surface area contributed by atoms with Gasteiger partial charge in [0, 0.05) is 32.8 Å². The monoisotopic (exact) mass is 625 g/mol. The lowest BCUT2D eigenvalue weighted by atomic mass is 9.72. The van der Waals surface area contributed by atoms with Crippen LogP contribution in [-0.4, -0.2) is 22.1 Å². The molecule has 4 aromatic rings. The molecule has 0 bridgehead atoms. The van der Waals surface area contributed by atoms with Gasteiger partial charge < -0.3 is 21.1 Å². The predicted molar refractivity (Wildman–Crippen MR) is 197 cm³/mol. The summed E-state index contributed by atoms with van der Waals surface area (Å²) in [5.41, 5.74) is 4.05. The third-order valence-corrected chi connectivity index (χ3v) is 11.4. The normalized spacial score (nSPS) is 31.5. The van der Waals surface area contributed by atoms with Crippen LogP contribution in [0.1, 0.15) is 78.7 Å². The number of benzene rings is 4. The molecule has 1 spiro atoms. The van der Waals surface area contributed by atoms with E-state index < -0.39 is 0 Å². The van der Waals surface area contributed by atoms with Gasteiger partial charge >= 0.3 is 0 Å². The highest BCUT2D eigenvalue weighted by Gasteiger charge is 2.44. The fourth-order valence-electron chi connectivity index (χ4n) is 10.3. The molecule has 2 fully saturated rings. The largest absolute Gasteiger partial charge is 0.506 e. The lowest BCUT2D eigenvalue weighted by Gasteiger charge is -2.48. The standard InChI is InChI=1S/C42H47N3O2/c1-23-17-24(2)20-41(6,19-23)44-37-30(15-13-28-10-7-9-27(5)33(28)37)35-39(46)36(40(35)47)31-16-14-29-11-8-12-32-34(29)38(31)45-42(43-32)21-25(3)18-26(4)22-42/h7-16,23-26,43-46H,5,17-22H2,1-4,6H3/b35-30-. The zero-order chi connectivity index (χ0) is 32.8. The second-order valence-electron chi connectivity index (χ2n) is 16.0. The Morgan fingerprint density at radius 2 is 1.38 bits per heavy atom. The number of fused-ring (bicyclic) bond motifs is 1. The SMILES string of the molecule is C=c1cccc2cc/c(=C3/C(=O)C(c4ccc5cccc6c5c4NC4(CC(C)CC(C)C4)N6)=C3O)c(NC3(C)CC(C)CC(C)C3)c12. The molecule has 242 valence electrons. The van der Waals surface area contributed by atoms with Crippen molar-refractivity contribution in [1.29, 1.82) is 0 Å². The Hall–Kier alpha value is -4.25. The number of rotatable bonds is 3. The van der Waals surface area contributed by atoms with E-state index >= 15 is 0 Å². The summed E-state index contributed by atoms with van der Waals surface area (Å²) in [6, 6.07) is 20.7. The van der Waals surface area contributed by atoms with Crippen molar-refractivity contribution in [2.45, 2.75) is 84.3 Å². The van der Waals surface area contributed by atoms with Gasteiger partial charge in [-0.2, -0.15) is 0 Å². The van der Waals surface area contributed by atoms with E-state index in [1.54, 1.807) is 0 Å². The van der Waals surface area contributed by atoms with Crippen LogP contribution in [0.3, 0.4) is 0 Å². The molecule has 0 aromatic heterocycles. The summed E-state index contributed by atoms with van der Waals surface area (Å²) in [4.78, 5) is 14.5. The molecule has 4 aromatic carbocycles. The summed E-state index contributed by atoms with van der Waals surface area (Å²) in [5, 5.41) is 29.7. The van der Waals surface area contributed by atoms with E-state index in [1.807, 2.05) is 24.3 Å². The highest BCUT2D eigenvalue weighted by Crippen LogP contribution is 2.50. The topological polar surface area (TPSA) is 73.4 Å². The van der Waals surface area contributed by atoms with Crippen LogP contribution in [-0.2, 0) is 4.79 Å². The van der Waals surface area contributed by atoms with E-state index in [-0.39, 0.29) is 22.7 Å². The molecule has 1 aliphatic heterocycles. The Kier molecular flexibility index (Phi) is 6.81. The molecule has 0 saturated heterocycles. The Balaban J connectivity index is 1.32. The average Bonchev–Trinajstić information content (AvgIpc) is 2.98. The summed E-state index contributed by atoms with van der Waals surface area (Å²) in [6.45, 7) is 16.0. The van der Waals surface area contributed by atoms with E-state index in [2.05, 4.69) is 93.5 Å². The fraction of sp³-hybridized carbons (Fsp3) is 0.405. The van der Waals surface area contributed by atoms with Crippen LogP contribution >= 0.6 is 0 Å². The summed E-state index contributed by atoms with van der Waals surface area (Å²) in [7, 11) is 0. The molecule has 4 aliphatic rings. The molecule has 1 heterocycles. The zero-order valence-corrected chi connectivity index (χ0v) is 28.4. The Labute approximate surface area is 277 Å². The average molecular weight is 626 g/mol. The zero-order valence-electron chi connectivity index (χ0n) is 28.4. The second-order valence-corrected chi connectivity index (χ2v) is 16.0. The van der Waals surface area contributed by atoms with E-state index in [9.17, 15) is 9.90 Å². The maximum absolute atomic E-state index is 14.5. The quantitative estimate of drug-likeness (QED) is 0.183. The highest BCUT2D eigenvalue weighted by atomic mass is 16.3. The number of aliphatic hydroxyl groups is 1. The molecule has 4 atom stereocenters. The number of hydrogen-bond acceptors (Lipinski definition) is 5. The van der Waals surface area contributed by atoms with Crippen LogP contribution in [0.5, 0.6) is 0 Å². The van der Waals surface area contributed by atoms with Crippen LogP contribution in [0, 0.1) is 23.7 Å². The fourth-order valence-corrected chi connectivity index (χ4v) is 10.3. The third-order valence-electron chi connectivity index (χ3n) is 11.4. The number of carbonyl (C=O) groups is 1. The lowest BCUT2D eigenvalue weighted by Crippen LogP contribution is -2.53. The first-order chi connectivity index (χ1) is 22.4. The molecular formula is C42H47N3O2. The number of allylic oxidation sites excluding steroid dienone is 2. The summed E-state index contributed by atoms with van der Waals surface area (Å²) >= 11 is 0. The first kappa shape index (κ1) is 30.1. The maximum atomic E-state index is 14.5. The summed E-state index contributed by atoms with van der Waals surface area (Å²) in [6.07, 6.45) is 6.51. The van der Waals surface area contributed by atoms with Gasteiger partial charge in [0.25, 0.3) is 0 Å². The van der Waals surface area contributed by atoms with Gasteiger partial charge in [0.2, 0.25) is 5.78 Å². The van der Waals surface area contributed by atoms with E-state index in [1.165, 1.54) is 12.8 Å². The number of hydrogen-bond donors (Lipinski definition) is 4. The Morgan fingerprint density at radius 1 is 0.766 bits per heavy atom. The number of anilines is 3. The van der Waals surface area contributed by atoms with Gasteiger partial charge in [-0.15, -0.1) is 0 Å². The van der Waals surface area contributed by atoms with Gasteiger partial charge in [0.15, 0.2) is 0 Å². The van der Waals surface area contributed by atoms with E-state index in [4.69, 9.17) is 0 Å². The van der Waals surface area contributed by atoms with Gasteiger partial charge in [-0.05, 0) is 91.2 Å². The molecule has 3 aliphatic carbocycles. The van der Waals surface area contributed by atoms with Crippen molar-refractivity contribution in [3.8, 4) is 0 Å². The molecule has 4 unspecified atom stereocenters. The predicted octanol–water partition coefficient (Wildman–Crippen LogP) is 8.72. The minimum absolute atomic E-state index is 0.0716. The van der Waals surface area contributed by atoms with Gasteiger partial charge in [-0.1, -0.05) is 88.9 Å². The number of nitrogens with one attached hydrogen (secondary N) is 3. The van der Waals surface area contributed by atoms with Crippen molar-refractivity contribution in [3.63, 3.8) is 0 Å². The van der Waals surface area contributed by atoms with Gasteiger partial charge in [-0.25, -0.2) is 0 Å². The maximum Gasteiger partial charge on any atom is 0.201 e. The first-order valence-corrected chi connectivity index (χ1v) is 17.6. The third kappa shape index (κ3) is 4.84. The Morgan fingerprint density at radius 3 is 2.06 bits per heavy atom. The molecule has 0 amide bonds. The minimum Gasteiger partial charge on any atom is -0.506 e. The van der Waals surface area contributed by atoms with Crippen molar-refractivity contribution < 1.29 is 9.90 Å². The van der Waals surface area contributed by atoms with Crippen LogP contribution in [0.25, 0.3) is 39.3 Å². The van der Waals surface area contributed by atoms with Crippen molar-refractivity contribution in [2.24, 2.45) is 23.7 Å². The van der Waals surface area contributed by atoms with Gasteiger partial charge in [-0.3, -0.25) is 4.79 Å². The molecule has 8 rings (SSSR count). The summed E-state index contributed by atoms with van der Waals surface area (Å²) < 4.78 is 0. The molecular weight excluding hydrogens is 578 g/mol. The van der Waals surface area contributed by atoms with Crippen molar-refractivity contribution in [2.75, 3.05) is 16.0 Å². The molecule has 5 heteroatoms. The molecule has 5 nitrogen and oxygen atoms in total. The number of ketones is 1. The van der Waals surface area contributed by atoms with Crippen LogP contribution in [0.4, 0.5) is 17.1 Å². The van der Waals surface area contributed by atoms with Crippen molar-refractivity contribution >= 4 is 62.1 Å². The van der Waals surface area contributed by atoms with Crippen LogP contribution < -0.4 is 26.4 Å². The summed E-state index contributed by atoms with van der Waals surface area (Å²) in [5.74, 6) is 2.29. The van der Waals surface area contributed by atoms with Crippen molar-refractivity contribution in [1.82, 2.24) is 0 Å². The molecule has 0 radical (unpaired) electrons. The minimum atomic E-state index is -0.298. The molecule has 2 saturated carbocycles. The van der Waals surface area contributed by atoms with E-state index in [0.717, 1.165) is 80.3 Å². The molecule has 4 N–H and O–H groups in total. The number of Topliss-reactive ketones (excluding diaryl/α,β-unsaturated/α-hetero) is 1. The van der Waals surface area contributed by atoms with Crippen LogP contribution in [0.2, 0.25) is 0 Å². The first-order valence-electron chi connectivity index (χ1n) is 17.6. The Bertz CT molecular complexity index is 2110. The van der Waals surface area contributed by atoms with Crippen LogP contribution in [0.15, 0.2) is 66.4 Å². The number of aliphatic hydroxyl groups excluding tert-OH is 1. The second kappa shape index (κ2) is 10.6. The lowest BCUT2D eigenvalue weighted by molar-refractivity contribution is -0.109. The van der Waals surface area contributed by atoms with Crippen molar-refractivity contribution in [3.05, 3.63) is 82.4 Å². The van der Waals surface area contributed by atoms with Gasteiger partial charge in [0.05, 0.1) is 22.5 Å². The molecule has 47 heavy (non-hydrogen) atoms. The number of carbonyl (C=O) groups excluding carboxylic acids is 1. The highest BCUT2D eigenvalue weighted by molar-refractivity contribution is 6.52. The van der Waals surface area contributed by atoms with E-state index in [0.29, 0.717) is 34.8 Å². The smallest absolute Gasteiger partial charge is 0.201 e. The van der Waals surface area contributed by atoms with Gasteiger partial charge in [0.1, 0.15) is 11.4 Å².